The van der Waals surface area contributed by atoms with Crippen molar-refractivity contribution in [2.24, 2.45) is 5.92 Å². The molecule has 1 heteroatoms. The molecule has 0 N–H and O–H groups in total. The van der Waals surface area contributed by atoms with Gasteiger partial charge in [0.15, 0.2) is 0 Å². The molecule has 0 aromatic heterocycles. The molecule has 1 atom stereocenters. The van der Waals surface area contributed by atoms with E-state index in [1.807, 2.05) is 0 Å². The zero-order chi connectivity index (χ0) is 11.6. The second kappa shape index (κ2) is 4.58. The zero-order valence-electron chi connectivity index (χ0n) is 10.7. The summed E-state index contributed by atoms with van der Waals surface area (Å²) in [5.74, 6) is 0.860. The van der Waals surface area contributed by atoms with E-state index in [2.05, 4.69) is 56.0 Å². The predicted molar refractivity (Wildman–Crippen MR) is 74.5 cm³/mol. The summed E-state index contributed by atoms with van der Waals surface area (Å²) in [5, 5.41) is 0. The van der Waals surface area contributed by atoms with Gasteiger partial charge in [-0.1, -0.05) is 61.6 Å². The molecular formula is C15H22Si. The van der Waals surface area contributed by atoms with Crippen LogP contribution in [0, 0.1) is 5.92 Å². The quantitative estimate of drug-likeness (QED) is 0.527. The molecule has 1 aliphatic rings. The Balaban J connectivity index is 1.84. The maximum absolute atomic E-state index is 2.53. The summed E-state index contributed by atoms with van der Waals surface area (Å²) in [6.45, 7) is 7.33. The Labute approximate surface area is 100 Å². The molecule has 1 saturated carbocycles. The third kappa shape index (κ3) is 3.64. The molecule has 86 valence electrons. The molecule has 16 heavy (non-hydrogen) atoms. The lowest BCUT2D eigenvalue weighted by atomic mass is 10.1. The van der Waals surface area contributed by atoms with E-state index >= 15 is 0 Å². The van der Waals surface area contributed by atoms with Crippen LogP contribution in [0.1, 0.15) is 12.0 Å². The Hall–Kier alpha value is -0.823. The Morgan fingerprint density at radius 1 is 1.19 bits per heavy atom. The molecule has 0 saturated heterocycles. The highest BCUT2D eigenvalue weighted by molar-refractivity contribution is 6.76. The molecule has 0 radical (unpaired) electrons. The van der Waals surface area contributed by atoms with E-state index in [0.717, 1.165) is 5.92 Å². The van der Waals surface area contributed by atoms with Crippen LogP contribution in [-0.4, -0.2) is 8.07 Å². The van der Waals surface area contributed by atoms with Gasteiger partial charge in [-0.3, -0.25) is 0 Å². The normalized spacial score (nSPS) is 22.4. The van der Waals surface area contributed by atoms with Crippen LogP contribution in [0.4, 0.5) is 0 Å². The predicted octanol–water partition coefficient (Wildman–Crippen LogP) is 4.51. The summed E-state index contributed by atoms with van der Waals surface area (Å²) in [4.78, 5) is 0. The molecule has 0 spiro atoms. The minimum absolute atomic E-state index is 0.860. The van der Waals surface area contributed by atoms with Gasteiger partial charge in [0.05, 0.1) is 0 Å². The Morgan fingerprint density at radius 3 is 2.50 bits per heavy atom. The largest absolute Gasteiger partial charge is 0.0877 e. The third-order valence-electron chi connectivity index (χ3n) is 3.15. The lowest BCUT2D eigenvalue weighted by molar-refractivity contribution is 0.860. The van der Waals surface area contributed by atoms with Crippen molar-refractivity contribution in [1.29, 1.82) is 0 Å². The highest BCUT2D eigenvalue weighted by atomic mass is 28.3. The van der Waals surface area contributed by atoms with Crippen molar-refractivity contribution < 1.29 is 0 Å². The van der Waals surface area contributed by atoms with E-state index in [9.17, 15) is 0 Å². The van der Waals surface area contributed by atoms with Crippen molar-refractivity contribution >= 4 is 8.07 Å². The van der Waals surface area contributed by atoms with Gasteiger partial charge in [0.25, 0.3) is 0 Å². The van der Waals surface area contributed by atoms with Crippen molar-refractivity contribution in [1.82, 2.24) is 0 Å². The molecule has 0 amide bonds. The second-order valence-corrected chi connectivity index (χ2v) is 11.7. The number of hydrogen-bond donors (Lipinski definition) is 0. The third-order valence-corrected chi connectivity index (χ3v) is 4.58. The summed E-state index contributed by atoms with van der Waals surface area (Å²) in [6.07, 6.45) is 5.12. The van der Waals surface area contributed by atoms with Gasteiger partial charge in [0.2, 0.25) is 0 Å². The Kier molecular flexibility index (Phi) is 3.34. The molecule has 2 rings (SSSR count). The molecule has 1 unspecified atom stereocenters. The minimum atomic E-state index is -0.878. The lowest BCUT2D eigenvalue weighted by Crippen LogP contribution is -2.17. The van der Waals surface area contributed by atoms with Crippen LogP contribution in [0.15, 0.2) is 42.0 Å². The van der Waals surface area contributed by atoms with Gasteiger partial charge in [0, 0.05) is 8.07 Å². The molecule has 0 aliphatic heterocycles. The lowest BCUT2D eigenvalue weighted by Gasteiger charge is -2.11. The molecular weight excluding hydrogens is 208 g/mol. The highest BCUT2D eigenvalue weighted by Gasteiger charge is 2.29. The fourth-order valence-electron chi connectivity index (χ4n) is 2.01. The van der Waals surface area contributed by atoms with Crippen LogP contribution in [0.5, 0.6) is 0 Å². The molecule has 0 nitrogen and oxygen atoms in total. The van der Waals surface area contributed by atoms with Crippen LogP contribution in [-0.2, 0) is 6.42 Å². The summed E-state index contributed by atoms with van der Waals surface area (Å²) < 4.78 is 0. The van der Waals surface area contributed by atoms with Gasteiger partial charge in [-0.2, -0.15) is 0 Å². The average molecular weight is 230 g/mol. The van der Waals surface area contributed by atoms with Crippen molar-refractivity contribution in [3.8, 4) is 0 Å². The van der Waals surface area contributed by atoms with E-state index in [0.29, 0.717) is 0 Å². The monoisotopic (exact) mass is 230 g/mol. The number of benzene rings is 1. The summed E-state index contributed by atoms with van der Waals surface area (Å²) in [6, 6.07) is 12.2. The summed E-state index contributed by atoms with van der Waals surface area (Å²) >= 11 is 0. The number of allylic oxidation sites excluding steroid dienone is 2. The minimum Gasteiger partial charge on any atom is -0.0877 e. The van der Waals surface area contributed by atoms with Crippen molar-refractivity contribution in [3.63, 3.8) is 0 Å². The Morgan fingerprint density at radius 2 is 1.88 bits per heavy atom. The summed E-state index contributed by atoms with van der Waals surface area (Å²) in [7, 11) is -0.878. The van der Waals surface area contributed by atoms with Gasteiger partial charge in [-0.15, -0.1) is 0 Å². The van der Waals surface area contributed by atoms with E-state index < -0.39 is 8.07 Å². The standard InChI is InChI=1S/C15H22Si/c1-16(2,3)10-9-14-12-15(14)11-13-7-5-4-6-8-13/h4-9,15H,10-12H2,1-3H3/b14-9+. The van der Waals surface area contributed by atoms with Crippen molar-refractivity contribution in [2.75, 3.05) is 0 Å². The van der Waals surface area contributed by atoms with Crippen LogP contribution in [0.2, 0.25) is 25.7 Å². The second-order valence-electron chi connectivity index (χ2n) is 6.13. The van der Waals surface area contributed by atoms with E-state index in [1.165, 1.54) is 24.4 Å². The van der Waals surface area contributed by atoms with Crippen LogP contribution >= 0.6 is 0 Å². The fraction of sp³-hybridized carbons (Fsp3) is 0.467. The molecule has 1 aromatic rings. The summed E-state index contributed by atoms with van der Waals surface area (Å²) in [5.41, 5.74) is 3.20. The molecule has 1 aromatic carbocycles. The fourth-order valence-corrected chi connectivity index (χ4v) is 2.89. The van der Waals surface area contributed by atoms with Crippen LogP contribution in [0.25, 0.3) is 0 Å². The first kappa shape index (κ1) is 11.7. The van der Waals surface area contributed by atoms with Crippen LogP contribution < -0.4 is 0 Å². The molecule has 0 bridgehead atoms. The molecule has 1 fully saturated rings. The topological polar surface area (TPSA) is 0 Å². The average Bonchev–Trinajstić information content (AvgIpc) is 2.94. The van der Waals surface area contributed by atoms with Gasteiger partial charge in [-0.05, 0) is 30.4 Å². The first-order valence-corrected chi connectivity index (χ1v) is 9.98. The van der Waals surface area contributed by atoms with E-state index in [-0.39, 0.29) is 0 Å². The van der Waals surface area contributed by atoms with Crippen LogP contribution in [0.3, 0.4) is 0 Å². The Bertz CT molecular complexity index is 370. The van der Waals surface area contributed by atoms with Crippen molar-refractivity contribution in [2.45, 2.75) is 38.5 Å². The van der Waals surface area contributed by atoms with E-state index in [4.69, 9.17) is 0 Å². The first-order valence-electron chi connectivity index (χ1n) is 6.27. The highest BCUT2D eigenvalue weighted by Crippen LogP contribution is 2.41. The smallest absolute Gasteiger partial charge is 0.0480 e. The SMILES string of the molecule is C[Si](C)(C)C/C=C1\CC1Cc1ccccc1. The van der Waals surface area contributed by atoms with Gasteiger partial charge in [-0.25, -0.2) is 0 Å². The van der Waals surface area contributed by atoms with E-state index in [1.54, 1.807) is 5.57 Å². The number of hydrogen-bond acceptors (Lipinski definition) is 0. The van der Waals surface area contributed by atoms with Gasteiger partial charge < -0.3 is 0 Å². The molecule has 1 aliphatic carbocycles. The zero-order valence-corrected chi connectivity index (χ0v) is 11.7. The maximum Gasteiger partial charge on any atom is 0.0480 e. The van der Waals surface area contributed by atoms with Crippen molar-refractivity contribution in [3.05, 3.63) is 47.5 Å². The number of rotatable bonds is 4. The maximum atomic E-state index is 2.53. The molecule has 0 heterocycles. The first-order chi connectivity index (χ1) is 7.54. The van der Waals surface area contributed by atoms with Gasteiger partial charge in [0.1, 0.15) is 0 Å². The van der Waals surface area contributed by atoms with Gasteiger partial charge >= 0.3 is 0 Å².